The van der Waals surface area contributed by atoms with Gasteiger partial charge in [0.1, 0.15) is 0 Å². The van der Waals surface area contributed by atoms with Crippen molar-refractivity contribution < 1.29 is 36.6 Å². The molecule has 0 fully saturated rings. The molecule has 10 heteroatoms. The zero-order chi connectivity index (χ0) is 21.7. The highest BCUT2D eigenvalue weighted by Gasteiger charge is 2.31. The summed E-state index contributed by atoms with van der Waals surface area (Å²) >= 11 is 0. The van der Waals surface area contributed by atoms with Gasteiger partial charge in [-0.25, -0.2) is 13.1 Å². The minimum atomic E-state index is -4.64. The van der Waals surface area contributed by atoms with Crippen molar-refractivity contribution in [1.29, 1.82) is 0 Å². The molecule has 0 aliphatic carbocycles. The molecule has 2 rings (SSSR count). The summed E-state index contributed by atoms with van der Waals surface area (Å²) < 4.78 is 64.9. The predicted octanol–water partition coefficient (Wildman–Crippen LogP) is 3.12. The Labute approximate surface area is 166 Å². The van der Waals surface area contributed by atoms with Gasteiger partial charge >= 0.3 is 12.1 Å². The van der Waals surface area contributed by atoms with Crippen molar-refractivity contribution in [3.05, 3.63) is 65.2 Å². The molecule has 29 heavy (non-hydrogen) atoms. The van der Waals surface area contributed by atoms with Crippen molar-refractivity contribution in [2.45, 2.75) is 36.4 Å². The van der Waals surface area contributed by atoms with Gasteiger partial charge in [-0.15, -0.1) is 0 Å². The number of benzene rings is 2. The van der Waals surface area contributed by atoms with Gasteiger partial charge in [0.15, 0.2) is 0 Å². The van der Waals surface area contributed by atoms with Crippen LogP contribution in [0.2, 0.25) is 0 Å². The molecular formula is C19H20F3NO5S. The van der Waals surface area contributed by atoms with Crippen LogP contribution < -0.4 is 4.72 Å². The number of hydrogen-bond acceptors (Lipinski definition) is 4. The minimum Gasteiger partial charge on any atom is -0.481 e. The number of aliphatic hydroxyl groups excluding tert-OH is 1. The largest absolute Gasteiger partial charge is 0.481 e. The molecule has 0 saturated heterocycles. The van der Waals surface area contributed by atoms with Crippen molar-refractivity contribution in [3.63, 3.8) is 0 Å². The number of aliphatic hydroxyl groups is 1. The van der Waals surface area contributed by atoms with Crippen molar-refractivity contribution in [2.75, 3.05) is 6.54 Å². The third-order valence-electron chi connectivity index (χ3n) is 4.17. The molecule has 0 saturated carbocycles. The Morgan fingerprint density at radius 2 is 1.76 bits per heavy atom. The monoisotopic (exact) mass is 431 g/mol. The van der Waals surface area contributed by atoms with E-state index < -0.39 is 38.7 Å². The second-order valence-corrected chi connectivity index (χ2v) is 8.13. The molecule has 6 nitrogen and oxygen atoms in total. The number of carboxylic acids is 1. The fraction of sp³-hybridized carbons (Fsp3) is 0.316. The first-order valence-electron chi connectivity index (χ1n) is 8.64. The lowest BCUT2D eigenvalue weighted by molar-refractivity contribution is -0.138. The van der Waals surface area contributed by atoms with E-state index in [1.54, 1.807) is 24.3 Å². The average molecular weight is 431 g/mol. The highest BCUT2D eigenvalue weighted by Crippen LogP contribution is 2.30. The summed E-state index contributed by atoms with van der Waals surface area (Å²) in [6, 6.07) is 10.1. The SMILES string of the molecule is O=C(O)CCC(O)c1ccc(CCNS(=O)(=O)c2cccc(C(F)(F)F)c2)cc1. The molecule has 0 amide bonds. The van der Waals surface area contributed by atoms with E-state index in [1.807, 2.05) is 0 Å². The second-order valence-electron chi connectivity index (χ2n) is 6.36. The first kappa shape index (κ1) is 22.9. The van der Waals surface area contributed by atoms with Gasteiger partial charge in [-0.3, -0.25) is 4.79 Å². The van der Waals surface area contributed by atoms with E-state index >= 15 is 0 Å². The van der Waals surface area contributed by atoms with Crippen LogP contribution >= 0.6 is 0 Å². The number of sulfonamides is 1. The lowest BCUT2D eigenvalue weighted by Gasteiger charge is -2.12. The van der Waals surface area contributed by atoms with Crippen LogP contribution in [0.1, 0.15) is 35.6 Å². The van der Waals surface area contributed by atoms with Gasteiger partial charge in [0, 0.05) is 13.0 Å². The van der Waals surface area contributed by atoms with Gasteiger partial charge in [-0.05, 0) is 42.2 Å². The van der Waals surface area contributed by atoms with Crippen LogP contribution in [0.25, 0.3) is 0 Å². The van der Waals surface area contributed by atoms with Crippen LogP contribution in [0, 0.1) is 0 Å². The number of carboxylic acid groups (broad SMARTS) is 1. The summed E-state index contributed by atoms with van der Waals surface area (Å²) in [5, 5.41) is 18.5. The van der Waals surface area contributed by atoms with E-state index in [-0.39, 0.29) is 25.8 Å². The van der Waals surface area contributed by atoms with Crippen LogP contribution in [-0.2, 0) is 27.4 Å². The van der Waals surface area contributed by atoms with Gasteiger partial charge in [0.05, 0.1) is 16.6 Å². The van der Waals surface area contributed by atoms with Crippen LogP contribution in [-0.4, -0.2) is 31.1 Å². The summed E-state index contributed by atoms with van der Waals surface area (Å²) in [5.41, 5.74) is 0.239. The summed E-state index contributed by atoms with van der Waals surface area (Å²) in [4.78, 5) is 10.1. The van der Waals surface area contributed by atoms with Crippen molar-refractivity contribution in [3.8, 4) is 0 Å². The normalized spacial score (nSPS) is 13.2. The van der Waals surface area contributed by atoms with Gasteiger partial charge in [0.25, 0.3) is 0 Å². The number of alkyl halides is 3. The molecular weight excluding hydrogens is 411 g/mol. The molecule has 2 aromatic rings. The fourth-order valence-electron chi connectivity index (χ4n) is 2.59. The Morgan fingerprint density at radius 1 is 1.10 bits per heavy atom. The highest BCUT2D eigenvalue weighted by molar-refractivity contribution is 7.89. The summed E-state index contributed by atoms with van der Waals surface area (Å²) in [7, 11) is -4.10. The van der Waals surface area contributed by atoms with Crippen molar-refractivity contribution >= 4 is 16.0 Å². The molecule has 0 aliphatic heterocycles. The van der Waals surface area contributed by atoms with E-state index in [9.17, 15) is 31.5 Å². The van der Waals surface area contributed by atoms with E-state index in [4.69, 9.17) is 5.11 Å². The number of nitrogens with one attached hydrogen (secondary N) is 1. The Morgan fingerprint density at radius 3 is 2.34 bits per heavy atom. The average Bonchev–Trinajstić information content (AvgIpc) is 2.66. The molecule has 0 bridgehead atoms. The molecule has 3 N–H and O–H groups in total. The zero-order valence-electron chi connectivity index (χ0n) is 15.2. The van der Waals surface area contributed by atoms with Gasteiger partial charge in [-0.2, -0.15) is 13.2 Å². The van der Waals surface area contributed by atoms with E-state index in [1.165, 1.54) is 0 Å². The number of carbonyl (C=O) groups is 1. The number of halogens is 3. The number of hydrogen-bond donors (Lipinski definition) is 3. The molecule has 0 radical (unpaired) electrons. The predicted molar refractivity (Wildman–Crippen MR) is 98.6 cm³/mol. The van der Waals surface area contributed by atoms with Crippen LogP contribution in [0.15, 0.2) is 53.4 Å². The molecule has 0 heterocycles. The van der Waals surface area contributed by atoms with Gasteiger partial charge < -0.3 is 10.2 Å². The van der Waals surface area contributed by atoms with Crippen LogP contribution in [0.4, 0.5) is 13.2 Å². The second kappa shape index (κ2) is 9.38. The van der Waals surface area contributed by atoms with Crippen molar-refractivity contribution in [2.24, 2.45) is 0 Å². The standard InChI is InChI=1S/C19H20F3NO5S/c20-19(21,22)15-2-1-3-16(12-15)29(27,28)23-11-10-13-4-6-14(7-5-13)17(24)8-9-18(25)26/h1-7,12,17,23-24H,8-11H2,(H,25,26). The Kier molecular flexibility index (Phi) is 7.39. The maximum absolute atomic E-state index is 12.7. The van der Waals surface area contributed by atoms with E-state index in [0.717, 1.165) is 23.8 Å². The lowest BCUT2D eigenvalue weighted by atomic mass is 10.0. The third kappa shape index (κ3) is 6.84. The smallest absolute Gasteiger partial charge is 0.416 e. The zero-order valence-corrected chi connectivity index (χ0v) is 16.0. The highest BCUT2D eigenvalue weighted by atomic mass is 32.2. The molecule has 0 spiro atoms. The van der Waals surface area contributed by atoms with E-state index in [0.29, 0.717) is 11.6 Å². The van der Waals surface area contributed by atoms with Gasteiger partial charge in [0.2, 0.25) is 10.0 Å². The maximum atomic E-state index is 12.7. The molecule has 0 aliphatic rings. The topological polar surface area (TPSA) is 104 Å². The summed E-state index contributed by atoms with van der Waals surface area (Å²) in [6.07, 6.45) is -5.36. The first-order valence-corrected chi connectivity index (χ1v) is 10.1. The molecule has 2 aromatic carbocycles. The van der Waals surface area contributed by atoms with Crippen LogP contribution in [0.3, 0.4) is 0 Å². The summed E-state index contributed by atoms with van der Waals surface area (Å²) in [6.45, 7) is -0.0283. The lowest BCUT2D eigenvalue weighted by Crippen LogP contribution is -2.26. The maximum Gasteiger partial charge on any atom is 0.416 e. The number of rotatable bonds is 9. The third-order valence-corrected chi connectivity index (χ3v) is 5.63. The Bertz CT molecular complexity index is 943. The first-order chi connectivity index (χ1) is 13.5. The van der Waals surface area contributed by atoms with Crippen LogP contribution in [0.5, 0.6) is 0 Å². The molecule has 1 unspecified atom stereocenters. The van der Waals surface area contributed by atoms with E-state index in [2.05, 4.69) is 4.72 Å². The summed E-state index contributed by atoms with van der Waals surface area (Å²) in [5.74, 6) is -1.01. The fourth-order valence-corrected chi connectivity index (χ4v) is 3.66. The molecule has 1 atom stereocenters. The van der Waals surface area contributed by atoms with Crippen molar-refractivity contribution in [1.82, 2.24) is 4.72 Å². The molecule has 158 valence electrons. The van der Waals surface area contributed by atoms with Gasteiger partial charge in [-0.1, -0.05) is 30.3 Å². The Balaban J connectivity index is 1.94. The minimum absolute atomic E-state index is 0.0283. The quantitative estimate of drug-likeness (QED) is 0.566. The molecule has 0 aromatic heterocycles. The number of aliphatic carboxylic acids is 1. The Hall–Kier alpha value is -2.43.